The Balaban J connectivity index is 1.51. The Morgan fingerprint density at radius 3 is 2.55 bits per heavy atom. The van der Waals surface area contributed by atoms with Gasteiger partial charge in [-0.05, 0) is 50.7 Å². The first kappa shape index (κ1) is 21.4. The van der Waals surface area contributed by atoms with Gasteiger partial charge in [-0.2, -0.15) is 9.37 Å². The smallest absolute Gasteiger partial charge is 0.306 e. The lowest BCUT2D eigenvalue weighted by atomic mass is 9.96. The van der Waals surface area contributed by atoms with Crippen molar-refractivity contribution in [1.82, 2.24) is 9.97 Å². The zero-order valence-electron chi connectivity index (χ0n) is 17.2. The van der Waals surface area contributed by atoms with E-state index >= 15 is 0 Å². The van der Waals surface area contributed by atoms with Gasteiger partial charge in [0, 0.05) is 18.7 Å². The van der Waals surface area contributed by atoms with Crippen molar-refractivity contribution < 1.29 is 27.4 Å². The van der Waals surface area contributed by atoms with Gasteiger partial charge in [0.15, 0.2) is 5.82 Å². The number of anilines is 1. The molecule has 1 saturated heterocycles. The molecule has 1 atom stereocenters. The van der Waals surface area contributed by atoms with Gasteiger partial charge in [-0.1, -0.05) is 0 Å². The SMILES string of the molecule is CCOC(=O)CC1CCN(c2c(F)cc(-c3ncc(F)c(OC4CCC4)n3)cc2F)C1. The molecule has 166 valence electrons. The summed E-state index contributed by atoms with van der Waals surface area (Å²) in [6.07, 6.45) is 4.37. The van der Waals surface area contributed by atoms with Crippen LogP contribution in [0.1, 0.15) is 39.0 Å². The van der Waals surface area contributed by atoms with Crippen molar-refractivity contribution in [3.05, 3.63) is 35.8 Å². The van der Waals surface area contributed by atoms with Crippen LogP contribution in [-0.2, 0) is 9.53 Å². The van der Waals surface area contributed by atoms with E-state index in [4.69, 9.17) is 9.47 Å². The number of carbonyl (C=O) groups excluding carboxylic acids is 1. The van der Waals surface area contributed by atoms with Crippen molar-refractivity contribution in [3.63, 3.8) is 0 Å². The van der Waals surface area contributed by atoms with Crippen LogP contribution < -0.4 is 9.64 Å². The van der Waals surface area contributed by atoms with E-state index in [0.29, 0.717) is 26.1 Å². The van der Waals surface area contributed by atoms with Gasteiger partial charge in [0.1, 0.15) is 23.4 Å². The van der Waals surface area contributed by atoms with E-state index in [1.54, 1.807) is 11.8 Å². The molecule has 2 fully saturated rings. The van der Waals surface area contributed by atoms with Crippen LogP contribution in [-0.4, -0.2) is 41.7 Å². The molecule has 31 heavy (non-hydrogen) atoms. The van der Waals surface area contributed by atoms with Crippen LogP contribution in [0.15, 0.2) is 18.3 Å². The molecule has 6 nitrogen and oxygen atoms in total. The maximum atomic E-state index is 14.9. The molecule has 1 saturated carbocycles. The van der Waals surface area contributed by atoms with Gasteiger partial charge in [-0.15, -0.1) is 0 Å². The predicted octanol–water partition coefficient (Wildman–Crippen LogP) is 4.27. The molecule has 0 N–H and O–H groups in total. The maximum absolute atomic E-state index is 14.9. The summed E-state index contributed by atoms with van der Waals surface area (Å²) in [4.78, 5) is 21.2. The molecule has 1 aromatic heterocycles. The molecule has 1 unspecified atom stereocenters. The zero-order valence-corrected chi connectivity index (χ0v) is 17.2. The van der Waals surface area contributed by atoms with Crippen molar-refractivity contribution in [2.75, 3.05) is 24.6 Å². The summed E-state index contributed by atoms with van der Waals surface area (Å²) in [6.45, 7) is 2.83. The summed E-state index contributed by atoms with van der Waals surface area (Å²) in [5.41, 5.74) is -0.0531. The highest BCUT2D eigenvalue weighted by Crippen LogP contribution is 2.34. The zero-order chi connectivity index (χ0) is 22.0. The summed E-state index contributed by atoms with van der Waals surface area (Å²) in [6, 6.07) is 2.27. The largest absolute Gasteiger partial charge is 0.472 e. The number of benzene rings is 1. The standard InChI is InChI=1S/C22H24F3N3O3/c1-2-30-19(29)8-13-6-7-28(12-13)20-16(23)9-14(10-17(20)24)21-26-11-18(25)22(27-21)31-15-4-3-5-15/h9-11,13,15H,2-8,12H2,1H3. The average molecular weight is 435 g/mol. The van der Waals surface area contributed by atoms with Crippen molar-refractivity contribution in [1.29, 1.82) is 0 Å². The van der Waals surface area contributed by atoms with Crippen molar-refractivity contribution in [2.45, 2.75) is 45.1 Å². The van der Waals surface area contributed by atoms with E-state index in [-0.39, 0.29) is 47.4 Å². The average Bonchev–Trinajstić information content (AvgIpc) is 3.13. The lowest BCUT2D eigenvalue weighted by Gasteiger charge is -2.25. The second kappa shape index (κ2) is 9.11. The van der Waals surface area contributed by atoms with E-state index < -0.39 is 17.5 Å². The van der Waals surface area contributed by atoms with Crippen LogP contribution in [0.4, 0.5) is 18.9 Å². The Bertz CT molecular complexity index is 945. The highest BCUT2D eigenvalue weighted by molar-refractivity contribution is 5.70. The number of esters is 1. The van der Waals surface area contributed by atoms with Crippen molar-refractivity contribution in [2.24, 2.45) is 5.92 Å². The molecule has 2 heterocycles. The third-order valence-electron chi connectivity index (χ3n) is 5.68. The van der Waals surface area contributed by atoms with E-state index in [2.05, 4.69) is 9.97 Å². The van der Waals surface area contributed by atoms with Crippen molar-refractivity contribution >= 4 is 11.7 Å². The number of carbonyl (C=O) groups is 1. The van der Waals surface area contributed by atoms with E-state index in [9.17, 15) is 18.0 Å². The summed E-state index contributed by atoms with van der Waals surface area (Å²) in [7, 11) is 0. The highest BCUT2D eigenvalue weighted by Gasteiger charge is 2.29. The lowest BCUT2D eigenvalue weighted by molar-refractivity contribution is -0.144. The molecule has 0 bridgehead atoms. The monoisotopic (exact) mass is 435 g/mol. The van der Waals surface area contributed by atoms with E-state index in [1.165, 1.54) is 0 Å². The number of aromatic nitrogens is 2. The summed E-state index contributed by atoms with van der Waals surface area (Å²) in [5, 5.41) is 0. The van der Waals surface area contributed by atoms with Gasteiger partial charge in [0.2, 0.25) is 5.82 Å². The van der Waals surface area contributed by atoms with Crippen LogP contribution in [0.3, 0.4) is 0 Å². The molecule has 4 rings (SSSR count). The fourth-order valence-corrected chi connectivity index (χ4v) is 3.87. The molecule has 1 aromatic carbocycles. The molecule has 0 amide bonds. The van der Waals surface area contributed by atoms with Gasteiger partial charge in [-0.25, -0.2) is 13.8 Å². The number of hydrogen-bond acceptors (Lipinski definition) is 6. The number of ether oxygens (including phenoxy) is 2. The number of nitrogens with zero attached hydrogens (tertiary/aromatic N) is 3. The Hall–Kier alpha value is -2.84. The van der Waals surface area contributed by atoms with Gasteiger partial charge in [-0.3, -0.25) is 4.79 Å². The van der Waals surface area contributed by atoms with E-state index in [1.807, 2.05) is 0 Å². The van der Waals surface area contributed by atoms with E-state index in [0.717, 1.165) is 37.6 Å². The summed E-state index contributed by atoms with van der Waals surface area (Å²) in [5.74, 6) is -2.79. The minimum Gasteiger partial charge on any atom is -0.472 e. The molecule has 2 aliphatic rings. The van der Waals surface area contributed by atoms with Gasteiger partial charge >= 0.3 is 5.97 Å². The number of hydrogen-bond donors (Lipinski definition) is 0. The van der Waals surface area contributed by atoms with Gasteiger partial charge in [0.05, 0.1) is 19.2 Å². The fraction of sp³-hybridized carbons (Fsp3) is 0.500. The highest BCUT2D eigenvalue weighted by atomic mass is 19.1. The summed E-state index contributed by atoms with van der Waals surface area (Å²) >= 11 is 0. The molecule has 9 heteroatoms. The molecule has 1 aliphatic heterocycles. The molecular weight excluding hydrogens is 411 g/mol. The number of halogens is 3. The maximum Gasteiger partial charge on any atom is 0.306 e. The predicted molar refractivity (Wildman–Crippen MR) is 107 cm³/mol. The third-order valence-corrected chi connectivity index (χ3v) is 5.68. The fourth-order valence-electron chi connectivity index (χ4n) is 3.87. The van der Waals surface area contributed by atoms with Crippen LogP contribution in [0.2, 0.25) is 0 Å². The first-order valence-electron chi connectivity index (χ1n) is 10.5. The molecule has 1 aliphatic carbocycles. The first-order chi connectivity index (χ1) is 14.9. The molecular formula is C22H24F3N3O3. The van der Waals surface area contributed by atoms with Crippen LogP contribution in [0.25, 0.3) is 11.4 Å². The van der Waals surface area contributed by atoms with Gasteiger partial charge < -0.3 is 14.4 Å². The third kappa shape index (κ3) is 4.75. The molecule has 0 radical (unpaired) electrons. The topological polar surface area (TPSA) is 64.5 Å². The first-order valence-corrected chi connectivity index (χ1v) is 10.5. The normalized spacial score (nSPS) is 18.7. The Kier molecular flexibility index (Phi) is 6.29. The van der Waals surface area contributed by atoms with Crippen molar-refractivity contribution in [3.8, 4) is 17.3 Å². The van der Waals surface area contributed by atoms with Crippen LogP contribution >= 0.6 is 0 Å². The Labute approximate surface area is 178 Å². The summed E-state index contributed by atoms with van der Waals surface area (Å²) < 4.78 is 54.2. The second-order valence-corrected chi connectivity index (χ2v) is 7.92. The van der Waals surface area contributed by atoms with Gasteiger partial charge in [0.25, 0.3) is 5.88 Å². The number of rotatable bonds is 7. The van der Waals surface area contributed by atoms with Crippen LogP contribution in [0, 0.1) is 23.4 Å². The Morgan fingerprint density at radius 1 is 1.16 bits per heavy atom. The van der Waals surface area contributed by atoms with Crippen LogP contribution in [0.5, 0.6) is 5.88 Å². The molecule has 0 spiro atoms. The minimum absolute atomic E-state index is 0.0123. The quantitative estimate of drug-likeness (QED) is 0.606. The second-order valence-electron chi connectivity index (χ2n) is 7.92. The lowest BCUT2D eigenvalue weighted by Crippen LogP contribution is -2.25. The molecule has 2 aromatic rings. The Morgan fingerprint density at radius 2 is 1.90 bits per heavy atom. The minimum atomic E-state index is -0.763.